The summed E-state index contributed by atoms with van der Waals surface area (Å²) >= 11 is 9.31. The molecule has 0 saturated heterocycles. The van der Waals surface area contributed by atoms with Crippen LogP contribution in [0.4, 0.5) is 5.69 Å². The molecule has 23 heavy (non-hydrogen) atoms. The van der Waals surface area contributed by atoms with E-state index >= 15 is 0 Å². The summed E-state index contributed by atoms with van der Waals surface area (Å²) in [6.07, 6.45) is 0. The van der Waals surface area contributed by atoms with Crippen LogP contribution < -0.4 is 5.32 Å². The quantitative estimate of drug-likeness (QED) is 0.773. The van der Waals surface area contributed by atoms with E-state index in [9.17, 15) is 9.59 Å². The molecule has 6 heteroatoms. The molecule has 0 aliphatic heterocycles. The van der Waals surface area contributed by atoms with Gasteiger partial charge in [0.1, 0.15) is 0 Å². The molecule has 0 radical (unpaired) electrons. The number of hydrogen-bond donors (Lipinski definition) is 1. The molecule has 0 unspecified atom stereocenters. The highest BCUT2D eigenvalue weighted by molar-refractivity contribution is 9.10. The molecule has 120 valence electrons. The fourth-order valence-corrected chi connectivity index (χ4v) is 2.67. The third-order valence-corrected chi connectivity index (χ3v) is 4.27. The van der Waals surface area contributed by atoms with Crippen molar-refractivity contribution in [3.05, 3.63) is 62.6 Å². The molecule has 1 amide bonds. The van der Waals surface area contributed by atoms with Crippen LogP contribution in [0.3, 0.4) is 0 Å². The van der Waals surface area contributed by atoms with Gasteiger partial charge in [-0.05, 0) is 65.2 Å². The van der Waals surface area contributed by atoms with E-state index in [0.717, 1.165) is 15.6 Å². The number of ether oxygens (including phenoxy) is 1. The van der Waals surface area contributed by atoms with Gasteiger partial charge >= 0.3 is 5.97 Å². The van der Waals surface area contributed by atoms with Crippen LogP contribution in [0.5, 0.6) is 0 Å². The number of hydrogen-bond acceptors (Lipinski definition) is 3. The molecule has 1 N–H and O–H groups in total. The number of carbonyl (C=O) groups is 2. The van der Waals surface area contributed by atoms with Gasteiger partial charge in [0.2, 0.25) is 0 Å². The summed E-state index contributed by atoms with van der Waals surface area (Å²) in [6, 6.07) is 10.3. The van der Waals surface area contributed by atoms with E-state index in [1.165, 1.54) is 0 Å². The smallest absolute Gasteiger partial charge is 0.340 e. The van der Waals surface area contributed by atoms with Gasteiger partial charge in [0, 0.05) is 4.47 Å². The van der Waals surface area contributed by atoms with Gasteiger partial charge in [-0.2, -0.15) is 0 Å². The summed E-state index contributed by atoms with van der Waals surface area (Å²) in [5.41, 5.74) is 3.03. The van der Waals surface area contributed by atoms with Crippen molar-refractivity contribution >= 4 is 45.1 Å². The lowest BCUT2D eigenvalue weighted by molar-refractivity contribution is -0.119. The van der Waals surface area contributed by atoms with Crippen molar-refractivity contribution in [3.8, 4) is 0 Å². The van der Waals surface area contributed by atoms with Crippen molar-refractivity contribution in [1.82, 2.24) is 0 Å². The third-order valence-electron chi connectivity index (χ3n) is 3.29. The Bertz CT molecular complexity index is 761. The van der Waals surface area contributed by atoms with Crippen LogP contribution in [0.25, 0.3) is 0 Å². The fraction of sp³-hybridized carbons (Fsp3) is 0.176. The molecular formula is C17H15BrClNO3. The van der Waals surface area contributed by atoms with Gasteiger partial charge in [0.25, 0.3) is 5.91 Å². The summed E-state index contributed by atoms with van der Waals surface area (Å²) in [5.74, 6) is -1.06. The van der Waals surface area contributed by atoms with Gasteiger partial charge in [0.15, 0.2) is 6.61 Å². The summed E-state index contributed by atoms with van der Waals surface area (Å²) in [6.45, 7) is 3.55. The maximum absolute atomic E-state index is 11.9. The monoisotopic (exact) mass is 395 g/mol. The molecule has 0 atom stereocenters. The zero-order valence-electron chi connectivity index (χ0n) is 12.7. The number of esters is 1. The molecule has 0 bridgehead atoms. The van der Waals surface area contributed by atoms with Crippen LogP contribution in [0.15, 0.2) is 40.9 Å². The van der Waals surface area contributed by atoms with E-state index in [1.807, 2.05) is 26.0 Å². The van der Waals surface area contributed by atoms with Crippen LogP contribution in [-0.4, -0.2) is 18.5 Å². The van der Waals surface area contributed by atoms with E-state index in [1.54, 1.807) is 24.3 Å². The molecular weight excluding hydrogens is 382 g/mol. The van der Waals surface area contributed by atoms with Crippen LogP contribution in [-0.2, 0) is 9.53 Å². The number of amides is 1. The Morgan fingerprint density at radius 1 is 1.17 bits per heavy atom. The maximum atomic E-state index is 11.9. The number of carbonyl (C=O) groups excluding carboxylic acids is 2. The Morgan fingerprint density at radius 2 is 1.83 bits per heavy atom. The highest BCUT2D eigenvalue weighted by Gasteiger charge is 2.14. The molecule has 4 nitrogen and oxygen atoms in total. The minimum atomic E-state index is -0.634. The lowest BCUT2D eigenvalue weighted by Crippen LogP contribution is -2.21. The maximum Gasteiger partial charge on any atom is 0.340 e. The number of halogens is 2. The van der Waals surface area contributed by atoms with E-state index in [-0.39, 0.29) is 17.2 Å². The lowest BCUT2D eigenvalue weighted by Gasteiger charge is -2.11. The van der Waals surface area contributed by atoms with Crippen LogP contribution >= 0.6 is 27.5 Å². The second kappa shape index (κ2) is 7.62. The average molecular weight is 397 g/mol. The Balaban J connectivity index is 1.97. The molecule has 0 spiro atoms. The SMILES string of the molecule is Cc1cc(Br)c(NC(=O)COC(=O)c2ccccc2Cl)cc1C. The fourth-order valence-electron chi connectivity index (χ4n) is 1.90. The van der Waals surface area contributed by atoms with Crippen molar-refractivity contribution in [2.24, 2.45) is 0 Å². The highest BCUT2D eigenvalue weighted by Crippen LogP contribution is 2.26. The minimum absolute atomic E-state index is 0.231. The van der Waals surface area contributed by atoms with Crippen molar-refractivity contribution in [3.63, 3.8) is 0 Å². The number of rotatable bonds is 4. The highest BCUT2D eigenvalue weighted by atomic mass is 79.9. The third kappa shape index (κ3) is 4.56. The van der Waals surface area contributed by atoms with Gasteiger partial charge in [0.05, 0.1) is 16.3 Å². The standard InChI is InChI=1S/C17H15BrClNO3/c1-10-7-13(18)15(8-11(10)2)20-16(21)9-23-17(22)12-5-3-4-6-14(12)19/h3-8H,9H2,1-2H3,(H,20,21). The van der Waals surface area contributed by atoms with Gasteiger partial charge in [-0.25, -0.2) is 4.79 Å². The first-order valence-electron chi connectivity index (χ1n) is 6.86. The molecule has 0 aliphatic carbocycles. The Kier molecular flexibility index (Phi) is 5.80. The average Bonchev–Trinajstić information content (AvgIpc) is 2.51. The molecule has 0 saturated carbocycles. The number of aryl methyl sites for hydroxylation is 2. The largest absolute Gasteiger partial charge is 0.452 e. The van der Waals surface area contributed by atoms with Crippen LogP contribution in [0.1, 0.15) is 21.5 Å². The second-order valence-corrected chi connectivity index (χ2v) is 6.28. The minimum Gasteiger partial charge on any atom is -0.452 e. The van der Waals surface area contributed by atoms with E-state index < -0.39 is 11.9 Å². The lowest BCUT2D eigenvalue weighted by atomic mass is 10.1. The first-order chi connectivity index (χ1) is 10.9. The number of nitrogens with one attached hydrogen (secondary N) is 1. The molecule has 2 aromatic carbocycles. The number of anilines is 1. The summed E-state index contributed by atoms with van der Waals surface area (Å²) in [7, 11) is 0. The molecule has 0 fully saturated rings. The van der Waals surface area contributed by atoms with E-state index in [4.69, 9.17) is 16.3 Å². The van der Waals surface area contributed by atoms with Gasteiger partial charge in [-0.15, -0.1) is 0 Å². The zero-order chi connectivity index (χ0) is 17.0. The molecule has 0 aromatic heterocycles. The topological polar surface area (TPSA) is 55.4 Å². The van der Waals surface area contributed by atoms with Gasteiger partial charge < -0.3 is 10.1 Å². The molecule has 2 aromatic rings. The normalized spacial score (nSPS) is 10.3. The summed E-state index contributed by atoms with van der Waals surface area (Å²) < 4.78 is 5.76. The van der Waals surface area contributed by atoms with Crippen molar-refractivity contribution < 1.29 is 14.3 Å². The zero-order valence-corrected chi connectivity index (χ0v) is 15.0. The first kappa shape index (κ1) is 17.5. The van der Waals surface area contributed by atoms with Crippen molar-refractivity contribution in [2.45, 2.75) is 13.8 Å². The molecule has 0 aliphatic rings. The first-order valence-corrected chi connectivity index (χ1v) is 8.04. The van der Waals surface area contributed by atoms with Crippen molar-refractivity contribution in [2.75, 3.05) is 11.9 Å². The van der Waals surface area contributed by atoms with E-state index in [2.05, 4.69) is 21.2 Å². The Labute approximate surface area is 147 Å². The van der Waals surface area contributed by atoms with Gasteiger partial charge in [-0.1, -0.05) is 23.7 Å². The van der Waals surface area contributed by atoms with Crippen molar-refractivity contribution in [1.29, 1.82) is 0 Å². The van der Waals surface area contributed by atoms with Gasteiger partial charge in [-0.3, -0.25) is 4.79 Å². The second-order valence-electron chi connectivity index (χ2n) is 5.02. The summed E-state index contributed by atoms with van der Waals surface area (Å²) in [5, 5.41) is 2.99. The predicted molar refractivity (Wildman–Crippen MR) is 94.0 cm³/mol. The Hall–Kier alpha value is -1.85. The van der Waals surface area contributed by atoms with Crippen LogP contribution in [0.2, 0.25) is 5.02 Å². The van der Waals surface area contributed by atoms with Crippen LogP contribution in [0, 0.1) is 13.8 Å². The number of benzene rings is 2. The molecule has 0 heterocycles. The van der Waals surface area contributed by atoms with E-state index in [0.29, 0.717) is 5.69 Å². The Morgan fingerprint density at radius 3 is 2.52 bits per heavy atom. The summed E-state index contributed by atoms with van der Waals surface area (Å²) in [4.78, 5) is 23.8. The predicted octanol–water partition coefficient (Wildman–Crippen LogP) is 4.51. The molecule has 2 rings (SSSR count).